The summed E-state index contributed by atoms with van der Waals surface area (Å²) in [4.78, 5) is 0. The fourth-order valence-corrected chi connectivity index (χ4v) is 2.28. The Morgan fingerprint density at radius 2 is 0.875 bits per heavy atom. The lowest BCUT2D eigenvalue weighted by Crippen LogP contribution is -2.44. The third-order valence-electron chi connectivity index (χ3n) is 4.78. The molecule has 0 aliphatic heterocycles. The van der Waals surface area contributed by atoms with Gasteiger partial charge < -0.3 is 25.3 Å². The molecule has 0 aromatic heterocycles. The third kappa shape index (κ3) is 10.5. The minimum Gasteiger partial charge on any atom is -0.402 e. The summed E-state index contributed by atoms with van der Waals surface area (Å²) in [5.41, 5.74) is 2.93. The molecule has 0 spiro atoms. The van der Waals surface area contributed by atoms with E-state index in [0.29, 0.717) is 0 Å². The van der Waals surface area contributed by atoms with Crippen LogP contribution in [0.3, 0.4) is 0 Å². The molecule has 0 saturated heterocycles. The van der Waals surface area contributed by atoms with Crippen molar-refractivity contribution in [3.63, 3.8) is 0 Å². The number of hydrogen-bond donors (Lipinski definition) is 5. The molecule has 6 heteroatoms. The minimum absolute atomic E-state index is 1.01. The second-order valence-corrected chi connectivity index (χ2v) is 8.17. The molecule has 0 aliphatic carbocycles. The van der Waals surface area contributed by atoms with Gasteiger partial charge in [0.15, 0.2) is 0 Å². The zero-order valence-electron chi connectivity index (χ0n) is 19.1. The van der Waals surface area contributed by atoms with E-state index in [1.165, 1.54) is 22.3 Å². The molecule has 0 atom stereocenters. The van der Waals surface area contributed by atoms with Gasteiger partial charge in [0.1, 0.15) is 0 Å². The van der Waals surface area contributed by atoms with Gasteiger partial charge in [0.2, 0.25) is 0 Å². The Kier molecular flexibility index (Phi) is 11.1. The van der Waals surface area contributed by atoms with E-state index in [4.69, 9.17) is 25.3 Å². The van der Waals surface area contributed by atoms with Crippen molar-refractivity contribution in [2.24, 2.45) is 0 Å². The highest BCUT2D eigenvalue weighted by atomic mass is 16.5. The summed E-state index contributed by atoms with van der Waals surface area (Å²) in [6.45, 7) is 6.31. The molecule has 3 rings (SSSR count). The van der Waals surface area contributed by atoms with Crippen LogP contribution in [0.15, 0.2) is 91.0 Å². The Balaban J connectivity index is 0.000000357. The van der Waals surface area contributed by atoms with Gasteiger partial charge in [-0.1, -0.05) is 91.0 Å². The number of benzene rings is 3. The van der Waals surface area contributed by atoms with Gasteiger partial charge in [-0.05, 0) is 56.0 Å². The SMILES string of the molecule is C(=C(c1ccccc1)c1ccccc1)c1ccccc1.CC(C)(O)C(C)(C)O.OB(O)O. The van der Waals surface area contributed by atoms with E-state index in [9.17, 15) is 0 Å². The van der Waals surface area contributed by atoms with Gasteiger partial charge in [-0.15, -0.1) is 0 Å². The Morgan fingerprint density at radius 3 is 1.16 bits per heavy atom. The summed E-state index contributed by atoms with van der Waals surface area (Å²) in [5.74, 6) is 0. The summed E-state index contributed by atoms with van der Waals surface area (Å²) >= 11 is 0. The predicted octanol–water partition coefficient (Wildman–Crippen LogP) is 3.75. The Labute approximate surface area is 191 Å². The molecule has 3 aromatic carbocycles. The molecule has 0 bridgehead atoms. The normalized spacial score (nSPS) is 10.7. The van der Waals surface area contributed by atoms with Crippen LogP contribution >= 0.6 is 0 Å². The summed E-state index contributed by atoms with van der Waals surface area (Å²) in [5, 5.41) is 39.7. The second-order valence-electron chi connectivity index (χ2n) is 8.17. The highest BCUT2D eigenvalue weighted by Crippen LogP contribution is 2.25. The standard InChI is InChI=1S/C20H16.C6H14O2.BH3O3/c1-4-10-17(11-5-1)16-20(18-12-6-2-7-13-18)19-14-8-3-9-15-19;1-5(2,7)6(3,4)8;2-1(3)4/h1-16H;7-8H,1-4H3;2-4H. The zero-order valence-corrected chi connectivity index (χ0v) is 19.1. The van der Waals surface area contributed by atoms with Crippen molar-refractivity contribution in [2.45, 2.75) is 38.9 Å². The summed E-state index contributed by atoms with van der Waals surface area (Å²) in [6, 6.07) is 31.5. The highest BCUT2D eigenvalue weighted by molar-refractivity contribution is 6.30. The lowest BCUT2D eigenvalue weighted by molar-refractivity contribution is -0.107. The topological polar surface area (TPSA) is 101 Å². The van der Waals surface area contributed by atoms with Gasteiger partial charge in [0.05, 0.1) is 11.2 Å². The van der Waals surface area contributed by atoms with E-state index in [2.05, 4.69) is 91.0 Å². The van der Waals surface area contributed by atoms with Gasteiger partial charge in [-0.2, -0.15) is 0 Å². The van der Waals surface area contributed by atoms with Crippen molar-refractivity contribution in [2.75, 3.05) is 0 Å². The molecule has 5 nitrogen and oxygen atoms in total. The maximum atomic E-state index is 9.10. The first kappa shape index (κ1) is 27.3. The Bertz CT molecular complexity index is 857. The van der Waals surface area contributed by atoms with Gasteiger partial charge in [-0.3, -0.25) is 0 Å². The van der Waals surface area contributed by atoms with Crippen molar-refractivity contribution >= 4 is 19.0 Å². The monoisotopic (exact) mass is 436 g/mol. The zero-order chi connectivity index (χ0) is 24.2. The summed E-state index contributed by atoms with van der Waals surface area (Å²) in [6.07, 6.45) is 2.24. The molecule has 0 unspecified atom stereocenters. The number of hydrogen-bond acceptors (Lipinski definition) is 5. The third-order valence-corrected chi connectivity index (χ3v) is 4.78. The average molecular weight is 436 g/mol. The maximum absolute atomic E-state index is 9.10. The van der Waals surface area contributed by atoms with Crippen LogP contribution in [0.2, 0.25) is 0 Å². The van der Waals surface area contributed by atoms with Crippen molar-refractivity contribution in [1.29, 1.82) is 0 Å². The van der Waals surface area contributed by atoms with E-state index in [0.717, 1.165) is 0 Å². The van der Waals surface area contributed by atoms with Crippen LogP contribution in [0.5, 0.6) is 0 Å². The summed E-state index contributed by atoms with van der Waals surface area (Å²) in [7, 11) is -2.17. The first-order chi connectivity index (χ1) is 14.9. The fourth-order valence-electron chi connectivity index (χ4n) is 2.28. The highest BCUT2D eigenvalue weighted by Gasteiger charge is 2.31. The molecule has 0 aliphatic rings. The molecular weight excluding hydrogens is 403 g/mol. The predicted molar refractivity (Wildman–Crippen MR) is 131 cm³/mol. The lowest BCUT2D eigenvalue weighted by Gasteiger charge is -2.31. The number of aliphatic hydroxyl groups is 2. The van der Waals surface area contributed by atoms with Crippen LogP contribution in [0, 0.1) is 0 Å². The Morgan fingerprint density at radius 1 is 0.594 bits per heavy atom. The average Bonchev–Trinajstić information content (AvgIpc) is 2.73. The van der Waals surface area contributed by atoms with Crippen molar-refractivity contribution < 1.29 is 25.3 Å². The molecule has 3 aromatic rings. The molecule has 0 heterocycles. The van der Waals surface area contributed by atoms with Crippen LogP contribution in [0.25, 0.3) is 11.6 Å². The minimum atomic E-state index is -2.17. The van der Waals surface area contributed by atoms with Crippen LogP contribution in [-0.4, -0.2) is 43.8 Å². The van der Waals surface area contributed by atoms with E-state index >= 15 is 0 Å². The molecule has 0 fully saturated rings. The van der Waals surface area contributed by atoms with E-state index < -0.39 is 18.5 Å². The Hall–Kier alpha value is -2.74. The molecule has 0 amide bonds. The van der Waals surface area contributed by atoms with Gasteiger partial charge >= 0.3 is 7.32 Å². The quantitative estimate of drug-likeness (QED) is 0.317. The largest absolute Gasteiger partial charge is 0.631 e. The van der Waals surface area contributed by atoms with Crippen LogP contribution in [0.4, 0.5) is 0 Å². The molecule has 5 N–H and O–H groups in total. The second kappa shape index (κ2) is 13.0. The van der Waals surface area contributed by atoms with Crippen molar-refractivity contribution in [3.05, 3.63) is 108 Å². The van der Waals surface area contributed by atoms with Crippen LogP contribution in [-0.2, 0) is 0 Å². The van der Waals surface area contributed by atoms with Crippen LogP contribution in [0.1, 0.15) is 44.4 Å². The maximum Gasteiger partial charge on any atom is 0.631 e. The van der Waals surface area contributed by atoms with Crippen LogP contribution < -0.4 is 0 Å². The van der Waals surface area contributed by atoms with E-state index in [1.807, 2.05) is 6.07 Å². The first-order valence-corrected chi connectivity index (χ1v) is 10.3. The smallest absolute Gasteiger partial charge is 0.402 e. The van der Waals surface area contributed by atoms with Crippen molar-refractivity contribution in [3.8, 4) is 0 Å². The first-order valence-electron chi connectivity index (χ1n) is 10.3. The molecule has 0 saturated carbocycles. The van der Waals surface area contributed by atoms with Gasteiger partial charge in [0.25, 0.3) is 0 Å². The lowest BCUT2D eigenvalue weighted by atomic mass is 9.90. The van der Waals surface area contributed by atoms with E-state index in [-0.39, 0.29) is 0 Å². The van der Waals surface area contributed by atoms with Crippen molar-refractivity contribution in [1.82, 2.24) is 0 Å². The van der Waals surface area contributed by atoms with E-state index in [1.54, 1.807) is 27.7 Å². The number of rotatable bonds is 4. The summed E-state index contributed by atoms with van der Waals surface area (Å²) < 4.78 is 0. The molecular formula is C26H33BO5. The fraction of sp³-hybridized carbons (Fsp3) is 0.231. The molecule has 170 valence electrons. The van der Waals surface area contributed by atoms with Gasteiger partial charge in [-0.25, -0.2) is 0 Å². The molecule has 32 heavy (non-hydrogen) atoms. The van der Waals surface area contributed by atoms with Gasteiger partial charge in [0, 0.05) is 0 Å². The molecule has 0 radical (unpaired) electrons.